The Bertz CT molecular complexity index is 697. The monoisotopic (exact) mass is 227 g/mol. The van der Waals surface area contributed by atoms with Gasteiger partial charge in [0.1, 0.15) is 11.3 Å². The third-order valence-electron chi connectivity index (χ3n) is 2.61. The van der Waals surface area contributed by atoms with Gasteiger partial charge in [-0.05, 0) is 18.2 Å². The van der Waals surface area contributed by atoms with Gasteiger partial charge in [0.25, 0.3) is 0 Å². The summed E-state index contributed by atoms with van der Waals surface area (Å²) in [7, 11) is 1.80. The summed E-state index contributed by atoms with van der Waals surface area (Å²) in [6.45, 7) is 0. The molecule has 0 unspecified atom stereocenters. The molecule has 0 N–H and O–H groups in total. The van der Waals surface area contributed by atoms with E-state index in [0.717, 1.165) is 22.9 Å². The maximum absolute atomic E-state index is 11.0. The van der Waals surface area contributed by atoms with Gasteiger partial charge in [-0.1, -0.05) is 5.21 Å². The number of aryl methyl sites for hydroxylation is 1. The van der Waals surface area contributed by atoms with Gasteiger partial charge in [-0.2, -0.15) is 0 Å². The number of carbonyl (C=O) groups is 1. The SMILES string of the molecule is Cn1cc(-c2cc(C=O)c3occc3c2)nn1. The molecule has 2 aromatic heterocycles. The molecule has 0 aliphatic rings. The number of hydrogen-bond donors (Lipinski definition) is 0. The lowest BCUT2D eigenvalue weighted by Gasteiger charge is -1.98. The van der Waals surface area contributed by atoms with Crippen LogP contribution >= 0.6 is 0 Å². The number of rotatable bonds is 2. The first-order valence-corrected chi connectivity index (χ1v) is 5.11. The Morgan fingerprint density at radius 3 is 3.00 bits per heavy atom. The van der Waals surface area contributed by atoms with Gasteiger partial charge in [0.15, 0.2) is 6.29 Å². The zero-order chi connectivity index (χ0) is 11.8. The number of benzene rings is 1. The number of furan rings is 1. The van der Waals surface area contributed by atoms with E-state index in [1.54, 1.807) is 30.3 Å². The maximum atomic E-state index is 11.0. The van der Waals surface area contributed by atoms with Gasteiger partial charge in [-0.3, -0.25) is 9.48 Å². The van der Waals surface area contributed by atoms with Crippen molar-refractivity contribution in [2.75, 3.05) is 0 Å². The Hall–Kier alpha value is -2.43. The van der Waals surface area contributed by atoms with Crippen LogP contribution in [0.1, 0.15) is 10.4 Å². The van der Waals surface area contributed by atoms with Gasteiger partial charge in [-0.25, -0.2) is 0 Å². The van der Waals surface area contributed by atoms with E-state index in [-0.39, 0.29) is 0 Å². The third-order valence-corrected chi connectivity index (χ3v) is 2.61. The number of aldehydes is 1. The van der Waals surface area contributed by atoms with Gasteiger partial charge < -0.3 is 4.42 Å². The molecule has 84 valence electrons. The highest BCUT2D eigenvalue weighted by molar-refractivity contribution is 5.97. The van der Waals surface area contributed by atoms with Crippen LogP contribution in [0.4, 0.5) is 0 Å². The molecule has 3 rings (SSSR count). The van der Waals surface area contributed by atoms with Gasteiger partial charge in [-0.15, -0.1) is 5.10 Å². The van der Waals surface area contributed by atoms with Crippen LogP contribution < -0.4 is 0 Å². The van der Waals surface area contributed by atoms with E-state index in [2.05, 4.69) is 10.3 Å². The van der Waals surface area contributed by atoms with E-state index < -0.39 is 0 Å². The summed E-state index contributed by atoms with van der Waals surface area (Å²) >= 11 is 0. The maximum Gasteiger partial charge on any atom is 0.153 e. The first-order chi connectivity index (χ1) is 8.28. The Morgan fingerprint density at radius 1 is 1.41 bits per heavy atom. The van der Waals surface area contributed by atoms with Gasteiger partial charge in [0.2, 0.25) is 0 Å². The van der Waals surface area contributed by atoms with Crippen molar-refractivity contribution in [3.05, 3.63) is 36.2 Å². The molecule has 0 radical (unpaired) electrons. The lowest BCUT2D eigenvalue weighted by atomic mass is 10.1. The van der Waals surface area contributed by atoms with Crippen LogP contribution in [0.5, 0.6) is 0 Å². The molecule has 2 heterocycles. The number of nitrogens with zero attached hydrogens (tertiary/aromatic N) is 3. The number of aromatic nitrogens is 3. The van der Waals surface area contributed by atoms with E-state index >= 15 is 0 Å². The van der Waals surface area contributed by atoms with Crippen LogP contribution in [0.2, 0.25) is 0 Å². The van der Waals surface area contributed by atoms with Crippen LogP contribution in [-0.4, -0.2) is 21.3 Å². The topological polar surface area (TPSA) is 60.9 Å². The molecule has 0 saturated carbocycles. The highest BCUT2D eigenvalue weighted by Crippen LogP contribution is 2.26. The molecule has 3 aromatic rings. The van der Waals surface area contributed by atoms with E-state index in [0.29, 0.717) is 11.1 Å². The second kappa shape index (κ2) is 3.55. The fourth-order valence-corrected chi connectivity index (χ4v) is 1.82. The number of carbonyl (C=O) groups excluding carboxylic acids is 1. The van der Waals surface area contributed by atoms with E-state index in [9.17, 15) is 4.79 Å². The molecule has 0 saturated heterocycles. The predicted molar refractivity (Wildman–Crippen MR) is 61.6 cm³/mol. The van der Waals surface area contributed by atoms with Crippen molar-refractivity contribution in [3.8, 4) is 11.3 Å². The van der Waals surface area contributed by atoms with Crippen LogP contribution in [0.3, 0.4) is 0 Å². The first-order valence-electron chi connectivity index (χ1n) is 5.11. The molecule has 0 fully saturated rings. The summed E-state index contributed by atoms with van der Waals surface area (Å²) < 4.78 is 6.88. The van der Waals surface area contributed by atoms with Crippen molar-refractivity contribution in [2.24, 2.45) is 7.05 Å². The van der Waals surface area contributed by atoms with Crippen molar-refractivity contribution in [1.82, 2.24) is 15.0 Å². The summed E-state index contributed by atoms with van der Waals surface area (Å²) in [5.41, 5.74) is 2.72. The van der Waals surface area contributed by atoms with Crippen LogP contribution in [0.15, 0.2) is 35.1 Å². The van der Waals surface area contributed by atoms with Crippen molar-refractivity contribution in [2.45, 2.75) is 0 Å². The number of hydrogen-bond acceptors (Lipinski definition) is 4. The molecule has 0 aliphatic heterocycles. The molecular weight excluding hydrogens is 218 g/mol. The van der Waals surface area contributed by atoms with Crippen molar-refractivity contribution in [1.29, 1.82) is 0 Å². The predicted octanol–water partition coefficient (Wildman–Crippen LogP) is 2.04. The Balaban J connectivity index is 2.26. The zero-order valence-corrected chi connectivity index (χ0v) is 9.12. The van der Waals surface area contributed by atoms with Crippen LogP contribution in [0.25, 0.3) is 22.2 Å². The largest absolute Gasteiger partial charge is 0.464 e. The van der Waals surface area contributed by atoms with Crippen molar-refractivity contribution >= 4 is 17.3 Å². The van der Waals surface area contributed by atoms with Crippen molar-refractivity contribution in [3.63, 3.8) is 0 Å². The Labute approximate surface area is 96.7 Å². The molecule has 5 heteroatoms. The minimum Gasteiger partial charge on any atom is -0.464 e. The van der Waals surface area contributed by atoms with Crippen LogP contribution in [-0.2, 0) is 7.05 Å². The summed E-state index contributed by atoms with van der Waals surface area (Å²) in [5.74, 6) is 0. The third kappa shape index (κ3) is 1.52. The summed E-state index contributed by atoms with van der Waals surface area (Å²) in [6.07, 6.45) is 4.15. The molecule has 17 heavy (non-hydrogen) atoms. The highest BCUT2D eigenvalue weighted by Gasteiger charge is 2.09. The summed E-state index contributed by atoms with van der Waals surface area (Å²) in [5, 5.41) is 8.77. The molecule has 0 atom stereocenters. The molecule has 0 aliphatic carbocycles. The van der Waals surface area contributed by atoms with E-state index in [1.165, 1.54) is 0 Å². The lowest BCUT2D eigenvalue weighted by molar-refractivity contribution is 0.112. The minimum atomic E-state index is 0.521. The molecule has 1 aromatic carbocycles. The molecular formula is C12H9N3O2. The van der Waals surface area contributed by atoms with Gasteiger partial charge >= 0.3 is 0 Å². The average molecular weight is 227 g/mol. The van der Waals surface area contributed by atoms with E-state index in [4.69, 9.17) is 4.42 Å². The number of fused-ring (bicyclic) bond motifs is 1. The quantitative estimate of drug-likeness (QED) is 0.628. The van der Waals surface area contributed by atoms with Crippen molar-refractivity contribution < 1.29 is 9.21 Å². The summed E-state index contributed by atoms with van der Waals surface area (Å²) in [6, 6.07) is 5.50. The Kier molecular flexibility index (Phi) is 2.04. The smallest absolute Gasteiger partial charge is 0.153 e. The molecule has 0 bridgehead atoms. The molecule has 0 spiro atoms. The Morgan fingerprint density at radius 2 is 2.29 bits per heavy atom. The van der Waals surface area contributed by atoms with E-state index in [1.807, 2.05) is 12.1 Å². The molecule has 0 amide bonds. The lowest BCUT2D eigenvalue weighted by Crippen LogP contribution is -1.85. The average Bonchev–Trinajstić information content (AvgIpc) is 2.95. The second-order valence-electron chi connectivity index (χ2n) is 3.80. The summed E-state index contributed by atoms with van der Waals surface area (Å²) in [4.78, 5) is 11.0. The highest BCUT2D eigenvalue weighted by atomic mass is 16.3. The minimum absolute atomic E-state index is 0.521. The second-order valence-corrected chi connectivity index (χ2v) is 3.80. The fraction of sp³-hybridized carbons (Fsp3) is 0.0833. The standard InChI is InChI=1S/C12H9N3O2/c1-15-6-11(13-14-15)9-4-8-2-3-17-12(8)10(5-9)7-16/h2-7H,1H3. The first kappa shape index (κ1) is 9.77. The fourth-order valence-electron chi connectivity index (χ4n) is 1.82. The van der Waals surface area contributed by atoms with Gasteiger partial charge in [0, 0.05) is 18.0 Å². The normalized spacial score (nSPS) is 10.9. The van der Waals surface area contributed by atoms with Gasteiger partial charge in [0.05, 0.1) is 18.0 Å². The zero-order valence-electron chi connectivity index (χ0n) is 9.12. The van der Waals surface area contributed by atoms with Crippen LogP contribution in [0, 0.1) is 0 Å². The molecule has 5 nitrogen and oxygen atoms in total.